The molecule has 0 unspecified atom stereocenters. The van der Waals surface area contributed by atoms with Crippen LogP contribution in [0.4, 0.5) is 23.2 Å². The lowest BCUT2D eigenvalue weighted by Gasteiger charge is -2.08. The van der Waals surface area contributed by atoms with Gasteiger partial charge in [-0.2, -0.15) is 0 Å². The highest BCUT2D eigenvalue weighted by atomic mass is 35.5. The maximum Gasteiger partial charge on any atom is 0.258 e. The van der Waals surface area contributed by atoms with Crippen molar-refractivity contribution >= 4 is 23.2 Å². The molecule has 0 fully saturated rings. The first-order valence-electron chi connectivity index (χ1n) is 5.71. The molecule has 110 valence electrons. The number of carbonyl (C=O) groups is 1. The molecule has 0 heterocycles. The second-order valence-electron chi connectivity index (χ2n) is 4.27. The zero-order valence-corrected chi connectivity index (χ0v) is 11.4. The summed E-state index contributed by atoms with van der Waals surface area (Å²) in [6, 6.07) is 4.76. The minimum absolute atomic E-state index is 0.208. The van der Waals surface area contributed by atoms with Crippen LogP contribution in [-0.2, 0) is 0 Å². The Bertz CT molecular complexity index is 733. The molecule has 1 amide bonds. The van der Waals surface area contributed by atoms with Gasteiger partial charge in [-0.1, -0.05) is 17.7 Å². The Hall–Kier alpha value is -2.08. The molecule has 7 heteroatoms. The molecule has 2 rings (SSSR count). The van der Waals surface area contributed by atoms with Gasteiger partial charge in [-0.3, -0.25) is 4.79 Å². The van der Waals surface area contributed by atoms with Crippen LogP contribution in [0.25, 0.3) is 0 Å². The van der Waals surface area contributed by atoms with E-state index in [0.717, 1.165) is 5.56 Å². The van der Waals surface area contributed by atoms with Gasteiger partial charge in [-0.25, -0.2) is 17.6 Å². The zero-order chi connectivity index (χ0) is 15.7. The predicted molar refractivity (Wildman–Crippen MR) is 70.4 cm³/mol. The van der Waals surface area contributed by atoms with E-state index in [1.54, 1.807) is 13.0 Å². The van der Waals surface area contributed by atoms with Gasteiger partial charge in [0.2, 0.25) is 0 Å². The minimum Gasteiger partial charge on any atom is -0.322 e. The third kappa shape index (κ3) is 3.00. The van der Waals surface area contributed by atoms with Crippen molar-refractivity contribution in [3.05, 3.63) is 63.7 Å². The summed E-state index contributed by atoms with van der Waals surface area (Å²) in [7, 11) is 0. The van der Waals surface area contributed by atoms with Crippen molar-refractivity contribution in [1.82, 2.24) is 0 Å². The van der Waals surface area contributed by atoms with Crippen LogP contribution >= 0.6 is 11.6 Å². The highest BCUT2D eigenvalue weighted by Gasteiger charge is 2.23. The summed E-state index contributed by atoms with van der Waals surface area (Å²) in [5, 5.41) is 2.57. The minimum atomic E-state index is -2.04. The number of hydrogen-bond acceptors (Lipinski definition) is 1. The van der Waals surface area contributed by atoms with Gasteiger partial charge < -0.3 is 5.32 Å². The maximum absolute atomic E-state index is 13.5. The smallest absolute Gasteiger partial charge is 0.258 e. The average molecular weight is 318 g/mol. The maximum atomic E-state index is 13.5. The van der Waals surface area contributed by atoms with E-state index in [2.05, 4.69) is 5.32 Å². The van der Waals surface area contributed by atoms with Crippen LogP contribution in [0.15, 0.2) is 24.3 Å². The highest BCUT2D eigenvalue weighted by molar-refractivity contribution is 6.31. The first-order chi connectivity index (χ1) is 9.81. The van der Waals surface area contributed by atoms with E-state index < -0.39 is 34.7 Å². The van der Waals surface area contributed by atoms with Gasteiger partial charge in [0.25, 0.3) is 5.91 Å². The summed E-state index contributed by atoms with van der Waals surface area (Å²) in [4.78, 5) is 11.8. The Morgan fingerprint density at radius 1 is 1.05 bits per heavy atom. The van der Waals surface area contributed by atoms with Crippen LogP contribution in [0.3, 0.4) is 0 Å². The number of rotatable bonds is 2. The molecule has 2 aromatic rings. The van der Waals surface area contributed by atoms with Crippen molar-refractivity contribution in [1.29, 1.82) is 0 Å². The number of benzene rings is 2. The molecule has 0 spiro atoms. The Morgan fingerprint density at radius 2 is 1.71 bits per heavy atom. The van der Waals surface area contributed by atoms with Crippen molar-refractivity contribution in [2.75, 3.05) is 5.32 Å². The summed E-state index contributed by atoms with van der Waals surface area (Å²) in [5.41, 5.74) is 0.0166. The normalized spacial score (nSPS) is 10.6. The van der Waals surface area contributed by atoms with E-state index >= 15 is 0 Å². The molecule has 0 atom stereocenters. The number of aryl methyl sites for hydroxylation is 1. The fourth-order valence-electron chi connectivity index (χ4n) is 1.61. The van der Waals surface area contributed by atoms with Crippen molar-refractivity contribution < 1.29 is 22.4 Å². The van der Waals surface area contributed by atoms with Gasteiger partial charge in [-0.05, 0) is 30.7 Å². The lowest BCUT2D eigenvalue weighted by molar-refractivity contribution is 0.102. The van der Waals surface area contributed by atoms with Gasteiger partial charge in [0.1, 0.15) is 0 Å². The molecular formula is C14H8ClF4NO. The number of amides is 1. The zero-order valence-electron chi connectivity index (χ0n) is 10.6. The molecule has 0 aromatic heterocycles. The van der Waals surface area contributed by atoms with E-state index in [4.69, 9.17) is 11.6 Å². The van der Waals surface area contributed by atoms with Crippen LogP contribution in [-0.4, -0.2) is 5.91 Å². The number of carbonyl (C=O) groups excluding carboxylic acids is 1. The molecule has 21 heavy (non-hydrogen) atoms. The van der Waals surface area contributed by atoms with Gasteiger partial charge in [0, 0.05) is 10.7 Å². The van der Waals surface area contributed by atoms with E-state index in [-0.39, 0.29) is 5.69 Å². The number of anilines is 1. The van der Waals surface area contributed by atoms with Crippen LogP contribution in [0, 0.1) is 30.2 Å². The third-order valence-electron chi connectivity index (χ3n) is 2.78. The van der Waals surface area contributed by atoms with E-state index in [1.807, 2.05) is 0 Å². The predicted octanol–water partition coefficient (Wildman–Crippen LogP) is 4.46. The van der Waals surface area contributed by atoms with E-state index in [9.17, 15) is 22.4 Å². The summed E-state index contributed by atoms with van der Waals surface area (Å²) in [5.74, 6) is -8.54. The topological polar surface area (TPSA) is 29.1 Å². The fourth-order valence-corrected chi connectivity index (χ4v) is 1.79. The first kappa shape index (κ1) is 15.3. The Morgan fingerprint density at radius 3 is 2.33 bits per heavy atom. The first-order valence-corrected chi connectivity index (χ1v) is 6.09. The fraction of sp³-hybridized carbons (Fsp3) is 0.0714. The molecule has 2 aromatic carbocycles. The SMILES string of the molecule is Cc1ccc(NC(=O)c2cc(F)c(F)c(F)c2F)cc1Cl. The molecule has 0 saturated heterocycles. The molecule has 0 saturated carbocycles. The summed E-state index contributed by atoms with van der Waals surface area (Å²) in [6.07, 6.45) is 0. The quantitative estimate of drug-likeness (QED) is 0.494. The highest BCUT2D eigenvalue weighted by Crippen LogP contribution is 2.22. The van der Waals surface area contributed by atoms with Gasteiger partial charge >= 0.3 is 0 Å². The Labute approximate surface area is 122 Å². The van der Waals surface area contributed by atoms with Crippen molar-refractivity contribution in [3.63, 3.8) is 0 Å². The number of hydrogen-bond donors (Lipinski definition) is 1. The second-order valence-corrected chi connectivity index (χ2v) is 4.67. The van der Waals surface area contributed by atoms with E-state index in [0.29, 0.717) is 11.1 Å². The van der Waals surface area contributed by atoms with Crippen molar-refractivity contribution in [3.8, 4) is 0 Å². The molecule has 0 radical (unpaired) electrons. The largest absolute Gasteiger partial charge is 0.322 e. The summed E-state index contributed by atoms with van der Waals surface area (Å²) < 4.78 is 52.4. The average Bonchev–Trinajstić information content (AvgIpc) is 2.44. The number of nitrogens with one attached hydrogen (secondary N) is 1. The summed E-state index contributed by atoms with van der Waals surface area (Å²) in [6.45, 7) is 1.73. The van der Waals surface area contributed by atoms with Crippen LogP contribution in [0.5, 0.6) is 0 Å². The lowest BCUT2D eigenvalue weighted by Crippen LogP contribution is -2.16. The molecule has 0 bridgehead atoms. The van der Waals surface area contributed by atoms with Crippen LogP contribution in [0.2, 0.25) is 5.02 Å². The third-order valence-corrected chi connectivity index (χ3v) is 3.18. The molecule has 1 N–H and O–H groups in total. The molecular weight excluding hydrogens is 310 g/mol. The Balaban J connectivity index is 2.35. The molecule has 0 aliphatic carbocycles. The lowest BCUT2D eigenvalue weighted by atomic mass is 10.1. The second kappa shape index (κ2) is 5.73. The van der Waals surface area contributed by atoms with Gasteiger partial charge in [0.15, 0.2) is 23.3 Å². The number of halogens is 5. The van der Waals surface area contributed by atoms with E-state index in [1.165, 1.54) is 12.1 Å². The molecule has 0 aliphatic heterocycles. The van der Waals surface area contributed by atoms with Crippen molar-refractivity contribution in [2.45, 2.75) is 6.92 Å². The van der Waals surface area contributed by atoms with Crippen LogP contribution in [0.1, 0.15) is 15.9 Å². The van der Waals surface area contributed by atoms with Gasteiger partial charge in [-0.15, -0.1) is 0 Å². The standard InChI is InChI=1S/C14H8ClF4NO/c1-6-2-3-7(4-9(6)15)20-14(21)8-5-10(16)12(18)13(19)11(8)17/h2-5H,1H3,(H,20,21). The van der Waals surface area contributed by atoms with Gasteiger partial charge in [0.05, 0.1) is 5.56 Å². The summed E-state index contributed by atoms with van der Waals surface area (Å²) >= 11 is 5.85. The monoisotopic (exact) mass is 317 g/mol. The van der Waals surface area contributed by atoms with Crippen molar-refractivity contribution in [2.24, 2.45) is 0 Å². The molecule has 2 nitrogen and oxygen atoms in total. The van der Waals surface area contributed by atoms with Crippen LogP contribution < -0.4 is 5.32 Å². The molecule has 0 aliphatic rings. The Kier molecular flexibility index (Phi) is 4.18.